The normalized spacial score (nSPS) is 16.0. The SMILES string of the molecule is Fc1ccc(C2CCN(c3ccc4cccnc4c3)CC2)cc1. The quantitative estimate of drug-likeness (QED) is 0.678. The van der Waals surface area contributed by atoms with Gasteiger partial charge >= 0.3 is 0 Å². The van der Waals surface area contributed by atoms with E-state index in [0.29, 0.717) is 5.92 Å². The van der Waals surface area contributed by atoms with Gasteiger partial charge in [0.2, 0.25) is 0 Å². The van der Waals surface area contributed by atoms with Gasteiger partial charge in [0.1, 0.15) is 5.82 Å². The van der Waals surface area contributed by atoms with Crippen LogP contribution in [0.5, 0.6) is 0 Å². The molecule has 0 radical (unpaired) electrons. The van der Waals surface area contributed by atoms with Crippen LogP contribution in [-0.2, 0) is 0 Å². The fraction of sp³-hybridized carbons (Fsp3) is 0.250. The molecule has 2 aromatic carbocycles. The van der Waals surface area contributed by atoms with Crippen LogP contribution in [0.1, 0.15) is 24.3 Å². The maximum Gasteiger partial charge on any atom is 0.123 e. The average Bonchev–Trinajstić information content (AvgIpc) is 2.62. The van der Waals surface area contributed by atoms with Crippen LogP contribution in [-0.4, -0.2) is 18.1 Å². The summed E-state index contributed by atoms with van der Waals surface area (Å²) in [6, 6.07) is 17.5. The van der Waals surface area contributed by atoms with Crippen molar-refractivity contribution in [2.24, 2.45) is 0 Å². The number of hydrogen-bond donors (Lipinski definition) is 0. The highest BCUT2D eigenvalue weighted by Crippen LogP contribution is 2.31. The Morgan fingerprint density at radius 3 is 2.52 bits per heavy atom. The maximum absolute atomic E-state index is 13.1. The van der Waals surface area contributed by atoms with Crippen molar-refractivity contribution in [1.82, 2.24) is 4.98 Å². The molecule has 1 saturated heterocycles. The molecule has 1 aliphatic heterocycles. The molecule has 0 N–H and O–H groups in total. The molecule has 0 amide bonds. The van der Waals surface area contributed by atoms with E-state index in [1.165, 1.54) is 16.6 Å². The number of anilines is 1. The number of piperidine rings is 1. The summed E-state index contributed by atoms with van der Waals surface area (Å²) < 4.78 is 13.1. The summed E-state index contributed by atoms with van der Waals surface area (Å²) in [4.78, 5) is 6.87. The summed E-state index contributed by atoms with van der Waals surface area (Å²) in [5.41, 5.74) is 3.55. The lowest BCUT2D eigenvalue weighted by Gasteiger charge is -2.34. The molecule has 0 unspecified atom stereocenters. The van der Waals surface area contributed by atoms with Gasteiger partial charge in [-0.25, -0.2) is 4.39 Å². The van der Waals surface area contributed by atoms with Gasteiger partial charge in [-0.15, -0.1) is 0 Å². The molecule has 2 heterocycles. The Morgan fingerprint density at radius 2 is 1.74 bits per heavy atom. The van der Waals surface area contributed by atoms with Crippen LogP contribution < -0.4 is 4.90 Å². The van der Waals surface area contributed by atoms with Crippen molar-refractivity contribution in [3.8, 4) is 0 Å². The minimum absolute atomic E-state index is 0.158. The van der Waals surface area contributed by atoms with Crippen molar-refractivity contribution < 1.29 is 4.39 Å². The third kappa shape index (κ3) is 2.91. The van der Waals surface area contributed by atoms with Crippen molar-refractivity contribution in [2.45, 2.75) is 18.8 Å². The van der Waals surface area contributed by atoms with Gasteiger partial charge in [0, 0.05) is 30.4 Å². The fourth-order valence-corrected chi connectivity index (χ4v) is 3.46. The smallest absolute Gasteiger partial charge is 0.123 e. The lowest BCUT2D eigenvalue weighted by molar-refractivity contribution is 0.504. The Balaban J connectivity index is 1.49. The molecule has 1 aliphatic rings. The molecule has 1 aromatic heterocycles. The molecule has 2 nitrogen and oxygen atoms in total. The Morgan fingerprint density at radius 1 is 0.957 bits per heavy atom. The minimum Gasteiger partial charge on any atom is -0.371 e. The number of hydrogen-bond acceptors (Lipinski definition) is 2. The van der Waals surface area contributed by atoms with Crippen molar-refractivity contribution in [1.29, 1.82) is 0 Å². The molecule has 0 aliphatic carbocycles. The highest BCUT2D eigenvalue weighted by atomic mass is 19.1. The van der Waals surface area contributed by atoms with Crippen LogP contribution in [0.4, 0.5) is 10.1 Å². The first-order valence-corrected chi connectivity index (χ1v) is 8.15. The van der Waals surface area contributed by atoms with Gasteiger partial charge in [0.05, 0.1) is 5.52 Å². The summed E-state index contributed by atoms with van der Waals surface area (Å²) in [6.07, 6.45) is 4.05. The van der Waals surface area contributed by atoms with Crippen LogP contribution in [0.3, 0.4) is 0 Å². The highest BCUT2D eigenvalue weighted by Gasteiger charge is 2.21. The third-order valence-electron chi connectivity index (χ3n) is 4.79. The van der Waals surface area contributed by atoms with Gasteiger partial charge in [0.25, 0.3) is 0 Å². The van der Waals surface area contributed by atoms with Crippen molar-refractivity contribution in [3.63, 3.8) is 0 Å². The molecule has 23 heavy (non-hydrogen) atoms. The first-order chi connectivity index (χ1) is 11.3. The molecule has 3 aromatic rings. The molecule has 4 rings (SSSR count). The first-order valence-electron chi connectivity index (χ1n) is 8.15. The molecule has 0 saturated carbocycles. The molecule has 0 atom stereocenters. The van der Waals surface area contributed by atoms with E-state index in [2.05, 4.69) is 34.1 Å². The number of fused-ring (bicyclic) bond motifs is 1. The molecular formula is C20H19FN2. The van der Waals surface area contributed by atoms with Crippen LogP contribution in [0, 0.1) is 5.82 Å². The second-order valence-corrected chi connectivity index (χ2v) is 6.19. The van der Waals surface area contributed by atoms with Gasteiger partial charge in [-0.1, -0.05) is 24.3 Å². The van der Waals surface area contributed by atoms with Crippen LogP contribution in [0.25, 0.3) is 10.9 Å². The number of benzene rings is 2. The van der Waals surface area contributed by atoms with E-state index in [1.807, 2.05) is 24.4 Å². The largest absolute Gasteiger partial charge is 0.371 e. The predicted molar refractivity (Wildman–Crippen MR) is 92.3 cm³/mol. The number of rotatable bonds is 2. The number of aromatic nitrogens is 1. The zero-order chi connectivity index (χ0) is 15.6. The summed E-state index contributed by atoms with van der Waals surface area (Å²) in [5.74, 6) is 0.375. The van der Waals surface area contributed by atoms with Gasteiger partial charge in [-0.2, -0.15) is 0 Å². The van der Waals surface area contributed by atoms with E-state index < -0.39 is 0 Å². The zero-order valence-electron chi connectivity index (χ0n) is 13.0. The van der Waals surface area contributed by atoms with Crippen LogP contribution in [0.2, 0.25) is 0 Å². The molecular weight excluding hydrogens is 287 g/mol. The lowest BCUT2D eigenvalue weighted by atomic mass is 9.89. The lowest BCUT2D eigenvalue weighted by Crippen LogP contribution is -2.32. The molecule has 116 valence electrons. The van der Waals surface area contributed by atoms with Gasteiger partial charge in [0.15, 0.2) is 0 Å². The second-order valence-electron chi connectivity index (χ2n) is 6.19. The Kier molecular flexibility index (Phi) is 3.70. The predicted octanol–water partition coefficient (Wildman–Crippen LogP) is 4.76. The standard InChI is InChI=1S/C20H19FN2/c21-18-6-3-15(4-7-18)16-9-12-23(13-10-16)19-8-5-17-2-1-11-22-20(17)14-19/h1-8,11,14,16H,9-10,12-13H2. The summed E-state index contributed by atoms with van der Waals surface area (Å²) in [5, 5.41) is 1.18. The van der Waals surface area contributed by atoms with Crippen molar-refractivity contribution >= 4 is 16.6 Å². The Hall–Kier alpha value is -2.42. The monoisotopic (exact) mass is 306 g/mol. The molecule has 1 fully saturated rings. The fourth-order valence-electron chi connectivity index (χ4n) is 3.46. The topological polar surface area (TPSA) is 16.1 Å². The third-order valence-corrected chi connectivity index (χ3v) is 4.79. The number of nitrogens with zero attached hydrogens (tertiary/aromatic N) is 2. The molecule has 0 bridgehead atoms. The van der Waals surface area contributed by atoms with E-state index in [9.17, 15) is 4.39 Å². The number of pyridine rings is 1. The van der Waals surface area contributed by atoms with Gasteiger partial charge in [-0.3, -0.25) is 4.98 Å². The summed E-state index contributed by atoms with van der Waals surface area (Å²) in [6.45, 7) is 2.06. The van der Waals surface area contributed by atoms with Gasteiger partial charge in [-0.05, 0) is 54.7 Å². The highest BCUT2D eigenvalue weighted by molar-refractivity contribution is 5.82. The minimum atomic E-state index is -0.158. The summed E-state index contributed by atoms with van der Waals surface area (Å²) >= 11 is 0. The first kappa shape index (κ1) is 14.2. The van der Waals surface area contributed by atoms with E-state index in [4.69, 9.17) is 0 Å². The van der Waals surface area contributed by atoms with E-state index in [0.717, 1.165) is 31.4 Å². The van der Waals surface area contributed by atoms with E-state index in [-0.39, 0.29) is 5.82 Å². The Bertz CT molecular complexity index is 805. The zero-order valence-corrected chi connectivity index (χ0v) is 13.0. The number of halogens is 1. The summed E-state index contributed by atoms with van der Waals surface area (Å²) in [7, 11) is 0. The Labute approximate surface area is 135 Å². The van der Waals surface area contributed by atoms with Crippen LogP contribution >= 0.6 is 0 Å². The van der Waals surface area contributed by atoms with Gasteiger partial charge < -0.3 is 4.90 Å². The van der Waals surface area contributed by atoms with Crippen molar-refractivity contribution in [2.75, 3.05) is 18.0 Å². The average molecular weight is 306 g/mol. The molecule has 3 heteroatoms. The maximum atomic E-state index is 13.1. The van der Waals surface area contributed by atoms with E-state index in [1.54, 1.807) is 12.1 Å². The van der Waals surface area contributed by atoms with Crippen molar-refractivity contribution in [3.05, 3.63) is 72.2 Å². The molecule has 0 spiro atoms. The van der Waals surface area contributed by atoms with Crippen LogP contribution in [0.15, 0.2) is 60.8 Å². The second kappa shape index (κ2) is 5.99. The van der Waals surface area contributed by atoms with E-state index >= 15 is 0 Å².